The van der Waals surface area contributed by atoms with Gasteiger partial charge in [0.1, 0.15) is 5.69 Å². The molecular formula is C22H20N6O2. The number of nitrogens with one attached hydrogen (secondary N) is 2. The van der Waals surface area contributed by atoms with Gasteiger partial charge in [-0.25, -0.2) is 4.68 Å². The molecule has 3 heterocycles. The quantitative estimate of drug-likeness (QED) is 0.547. The highest BCUT2D eigenvalue weighted by Gasteiger charge is 2.18. The Hall–Kier alpha value is -3.78. The number of amides is 1. The van der Waals surface area contributed by atoms with E-state index in [-0.39, 0.29) is 11.5 Å². The molecule has 0 bridgehead atoms. The highest BCUT2D eigenvalue weighted by molar-refractivity contribution is 5.94. The maximum atomic E-state index is 12.6. The maximum absolute atomic E-state index is 12.6. The third-order valence-corrected chi connectivity index (χ3v) is 5.31. The first-order chi connectivity index (χ1) is 14.7. The van der Waals surface area contributed by atoms with Gasteiger partial charge < -0.3 is 15.2 Å². The van der Waals surface area contributed by atoms with E-state index >= 15 is 0 Å². The number of hydrogen-bond donors (Lipinski definition) is 2. The van der Waals surface area contributed by atoms with E-state index in [9.17, 15) is 9.59 Å². The van der Waals surface area contributed by atoms with E-state index in [2.05, 4.69) is 20.6 Å². The van der Waals surface area contributed by atoms with E-state index in [1.165, 1.54) is 0 Å². The van der Waals surface area contributed by atoms with Gasteiger partial charge in [-0.1, -0.05) is 23.4 Å². The average molecular weight is 400 g/mol. The van der Waals surface area contributed by atoms with E-state index in [1.54, 1.807) is 23.0 Å². The Kier molecular flexibility index (Phi) is 4.61. The van der Waals surface area contributed by atoms with Crippen LogP contribution in [-0.2, 0) is 0 Å². The molecule has 30 heavy (non-hydrogen) atoms. The van der Waals surface area contributed by atoms with E-state index in [0.717, 1.165) is 29.7 Å². The largest absolute Gasteiger partial charge is 0.336 e. The van der Waals surface area contributed by atoms with Gasteiger partial charge in [0, 0.05) is 37.3 Å². The molecule has 4 aromatic rings. The second kappa shape index (κ2) is 7.57. The monoisotopic (exact) mass is 400 g/mol. The predicted octanol–water partition coefficient (Wildman–Crippen LogP) is 1.82. The van der Waals surface area contributed by atoms with Gasteiger partial charge in [-0.2, -0.15) is 0 Å². The molecule has 2 N–H and O–H groups in total. The van der Waals surface area contributed by atoms with E-state index in [0.29, 0.717) is 29.9 Å². The number of carbonyl (C=O) groups excluding carboxylic acids is 1. The Bertz CT molecular complexity index is 1270. The van der Waals surface area contributed by atoms with E-state index < -0.39 is 0 Å². The zero-order valence-electron chi connectivity index (χ0n) is 16.2. The van der Waals surface area contributed by atoms with Gasteiger partial charge in [-0.3, -0.25) is 9.59 Å². The van der Waals surface area contributed by atoms with Crippen LogP contribution in [0.4, 0.5) is 0 Å². The molecule has 1 aliphatic rings. The van der Waals surface area contributed by atoms with E-state index in [4.69, 9.17) is 0 Å². The Labute approximate surface area is 172 Å². The van der Waals surface area contributed by atoms with Crippen molar-refractivity contribution >= 4 is 16.8 Å². The van der Waals surface area contributed by atoms with E-state index in [1.807, 2.05) is 47.4 Å². The lowest BCUT2D eigenvalue weighted by Gasteiger charge is -2.27. The molecule has 1 fully saturated rings. The lowest BCUT2D eigenvalue weighted by molar-refractivity contribution is 0.0736. The van der Waals surface area contributed by atoms with Crippen molar-refractivity contribution in [3.63, 3.8) is 0 Å². The molecule has 2 aromatic carbocycles. The molecular weight excluding hydrogens is 380 g/mol. The third kappa shape index (κ3) is 3.37. The number of piperazine rings is 1. The van der Waals surface area contributed by atoms with Gasteiger partial charge in [0.15, 0.2) is 0 Å². The predicted molar refractivity (Wildman–Crippen MR) is 114 cm³/mol. The zero-order valence-corrected chi connectivity index (χ0v) is 16.2. The fourth-order valence-electron chi connectivity index (χ4n) is 3.66. The number of hydrogen-bond acceptors (Lipinski definition) is 5. The molecule has 0 spiro atoms. The number of nitrogens with zero attached hydrogens (tertiary/aromatic N) is 4. The van der Waals surface area contributed by atoms with Gasteiger partial charge >= 0.3 is 0 Å². The Morgan fingerprint density at radius 3 is 2.57 bits per heavy atom. The topological polar surface area (TPSA) is 95.9 Å². The summed E-state index contributed by atoms with van der Waals surface area (Å²) in [6.07, 6.45) is 1.71. The molecule has 1 aliphatic heterocycles. The number of benzene rings is 2. The average Bonchev–Trinajstić information content (AvgIpc) is 3.29. The Morgan fingerprint density at radius 1 is 1.00 bits per heavy atom. The van der Waals surface area contributed by atoms with Gasteiger partial charge in [0.2, 0.25) is 0 Å². The summed E-state index contributed by atoms with van der Waals surface area (Å²) in [6, 6.07) is 16.7. The fourth-order valence-corrected chi connectivity index (χ4v) is 3.66. The van der Waals surface area contributed by atoms with Crippen LogP contribution in [0.25, 0.3) is 27.8 Å². The van der Waals surface area contributed by atoms with Crippen LogP contribution in [0.1, 0.15) is 10.4 Å². The number of para-hydroxylation sites is 1. The highest BCUT2D eigenvalue weighted by atomic mass is 16.2. The maximum Gasteiger partial charge on any atom is 0.258 e. The van der Waals surface area contributed by atoms with Crippen molar-refractivity contribution in [2.75, 3.05) is 26.2 Å². The molecule has 2 aromatic heterocycles. The summed E-state index contributed by atoms with van der Waals surface area (Å²) in [7, 11) is 0. The standard InChI is InChI=1S/C22H20N6O2/c29-21-18(13-16-3-1-2-4-19(16)24-21)20-14-28(26-25-20)17-7-5-15(6-8-17)22(30)27-11-9-23-10-12-27/h1-8,13-14,23H,9-12H2,(H,24,29). The SMILES string of the molecule is O=C(c1ccc(-n2cc(-c3cc4ccccc4[nH]c3=O)nn2)cc1)N1CCNCC1. The molecule has 8 heteroatoms. The van der Waals surface area contributed by atoms with Crippen molar-refractivity contribution in [2.45, 2.75) is 0 Å². The Balaban J connectivity index is 1.41. The number of rotatable bonds is 3. The minimum Gasteiger partial charge on any atom is -0.336 e. The number of aromatic nitrogens is 4. The summed E-state index contributed by atoms with van der Waals surface area (Å²) in [5, 5.41) is 12.5. The van der Waals surface area contributed by atoms with Crippen molar-refractivity contribution in [3.05, 3.63) is 76.7 Å². The summed E-state index contributed by atoms with van der Waals surface area (Å²) in [5.74, 6) is 0.0324. The van der Waals surface area contributed by atoms with Crippen molar-refractivity contribution in [3.8, 4) is 16.9 Å². The minimum atomic E-state index is -0.210. The smallest absolute Gasteiger partial charge is 0.258 e. The highest BCUT2D eigenvalue weighted by Crippen LogP contribution is 2.19. The van der Waals surface area contributed by atoms with Gasteiger partial charge in [-0.15, -0.1) is 5.10 Å². The second-order valence-electron chi connectivity index (χ2n) is 7.24. The van der Waals surface area contributed by atoms with Gasteiger partial charge in [0.25, 0.3) is 11.5 Å². The zero-order chi connectivity index (χ0) is 20.5. The van der Waals surface area contributed by atoms with Crippen molar-refractivity contribution < 1.29 is 4.79 Å². The first-order valence-corrected chi connectivity index (χ1v) is 9.84. The summed E-state index contributed by atoms with van der Waals surface area (Å²) in [6.45, 7) is 3.07. The number of H-pyrrole nitrogens is 1. The number of carbonyl (C=O) groups is 1. The van der Waals surface area contributed by atoms with Crippen LogP contribution in [0, 0.1) is 0 Å². The van der Waals surface area contributed by atoms with Gasteiger partial charge in [-0.05, 0) is 41.8 Å². The lowest BCUT2D eigenvalue weighted by Crippen LogP contribution is -2.46. The van der Waals surface area contributed by atoms with Crippen LogP contribution in [0.2, 0.25) is 0 Å². The lowest BCUT2D eigenvalue weighted by atomic mass is 10.1. The molecule has 0 unspecified atom stereocenters. The molecule has 150 valence electrons. The molecule has 0 aliphatic carbocycles. The summed E-state index contributed by atoms with van der Waals surface area (Å²) in [4.78, 5) is 29.8. The molecule has 0 atom stereocenters. The first-order valence-electron chi connectivity index (χ1n) is 9.84. The van der Waals surface area contributed by atoms with Crippen LogP contribution in [0.15, 0.2) is 65.6 Å². The van der Waals surface area contributed by atoms with Gasteiger partial charge in [0.05, 0.1) is 17.4 Å². The van der Waals surface area contributed by atoms with Crippen LogP contribution < -0.4 is 10.9 Å². The summed E-state index contributed by atoms with van der Waals surface area (Å²) < 4.78 is 1.60. The van der Waals surface area contributed by atoms with Crippen LogP contribution >= 0.6 is 0 Å². The minimum absolute atomic E-state index is 0.0324. The fraction of sp³-hybridized carbons (Fsp3) is 0.182. The molecule has 1 saturated heterocycles. The van der Waals surface area contributed by atoms with Crippen molar-refractivity contribution in [2.24, 2.45) is 0 Å². The normalized spacial score (nSPS) is 14.2. The van der Waals surface area contributed by atoms with Crippen molar-refractivity contribution in [1.29, 1.82) is 0 Å². The number of fused-ring (bicyclic) bond motifs is 1. The summed E-state index contributed by atoms with van der Waals surface area (Å²) >= 11 is 0. The summed E-state index contributed by atoms with van der Waals surface area (Å²) in [5.41, 5.74) is 2.93. The Morgan fingerprint density at radius 2 is 1.77 bits per heavy atom. The molecule has 5 rings (SSSR count). The molecule has 1 amide bonds. The molecule has 0 saturated carbocycles. The van der Waals surface area contributed by atoms with Crippen LogP contribution in [0.5, 0.6) is 0 Å². The van der Waals surface area contributed by atoms with Crippen LogP contribution in [-0.4, -0.2) is 57.0 Å². The molecule has 8 nitrogen and oxygen atoms in total. The second-order valence-corrected chi connectivity index (χ2v) is 7.24. The first kappa shape index (κ1) is 18.3. The van der Waals surface area contributed by atoms with Crippen LogP contribution in [0.3, 0.4) is 0 Å². The number of aromatic amines is 1. The number of pyridine rings is 1. The molecule has 0 radical (unpaired) electrons. The third-order valence-electron chi connectivity index (χ3n) is 5.31. The van der Waals surface area contributed by atoms with Crippen molar-refractivity contribution in [1.82, 2.24) is 30.2 Å².